The van der Waals surface area contributed by atoms with Crippen molar-refractivity contribution >= 4 is 17.8 Å². The maximum atomic E-state index is 13.2. The summed E-state index contributed by atoms with van der Waals surface area (Å²) in [7, 11) is 0. The van der Waals surface area contributed by atoms with E-state index < -0.39 is 29.6 Å². The molecule has 0 saturated heterocycles. The van der Waals surface area contributed by atoms with Crippen molar-refractivity contribution in [2.75, 3.05) is 0 Å². The number of hydrogen-bond acceptors (Lipinski definition) is 6. The standard InChI is InChI=1S/C22H34N4O4/c1-5-9-16(21(29)30-22(2,3)4)25-20(28)18(15-10-7-6-8-11-15)26-19(27)17-14-23-12-13-24-17/h12-16,18H,5-11H2,1-4H3,(H,25,28)(H,26,27)/t16-,18-/m0/s1. The Morgan fingerprint density at radius 3 is 2.40 bits per heavy atom. The lowest BCUT2D eigenvalue weighted by Crippen LogP contribution is -2.55. The highest BCUT2D eigenvalue weighted by atomic mass is 16.6. The van der Waals surface area contributed by atoms with Gasteiger partial charge in [0, 0.05) is 12.4 Å². The van der Waals surface area contributed by atoms with Gasteiger partial charge < -0.3 is 15.4 Å². The van der Waals surface area contributed by atoms with Crippen LogP contribution in [-0.2, 0) is 14.3 Å². The van der Waals surface area contributed by atoms with Gasteiger partial charge in [-0.2, -0.15) is 0 Å². The molecular weight excluding hydrogens is 384 g/mol. The summed E-state index contributed by atoms with van der Waals surface area (Å²) >= 11 is 0. The summed E-state index contributed by atoms with van der Waals surface area (Å²) in [6, 6.07) is -1.48. The van der Waals surface area contributed by atoms with E-state index >= 15 is 0 Å². The average molecular weight is 419 g/mol. The second kappa shape index (κ2) is 11.0. The second-order valence-corrected chi connectivity index (χ2v) is 8.82. The smallest absolute Gasteiger partial charge is 0.329 e. The monoisotopic (exact) mass is 418 g/mol. The van der Waals surface area contributed by atoms with Gasteiger partial charge in [0.2, 0.25) is 5.91 Å². The number of amides is 2. The Morgan fingerprint density at radius 1 is 1.13 bits per heavy atom. The van der Waals surface area contributed by atoms with Crippen molar-refractivity contribution in [3.8, 4) is 0 Å². The Hall–Kier alpha value is -2.51. The molecule has 1 aliphatic rings. The van der Waals surface area contributed by atoms with E-state index in [4.69, 9.17) is 4.74 Å². The Morgan fingerprint density at radius 2 is 1.83 bits per heavy atom. The molecule has 30 heavy (non-hydrogen) atoms. The first-order chi connectivity index (χ1) is 14.2. The normalized spacial score (nSPS) is 16.9. The van der Waals surface area contributed by atoms with Crippen LogP contribution >= 0.6 is 0 Å². The first-order valence-electron chi connectivity index (χ1n) is 10.8. The minimum Gasteiger partial charge on any atom is -0.458 e. The molecule has 1 saturated carbocycles. The Labute approximate surface area is 178 Å². The van der Waals surface area contributed by atoms with E-state index in [-0.39, 0.29) is 17.5 Å². The number of aromatic nitrogens is 2. The highest BCUT2D eigenvalue weighted by molar-refractivity contribution is 5.96. The minimum atomic E-state index is -0.749. The van der Waals surface area contributed by atoms with Crippen LogP contribution in [-0.4, -0.2) is 45.4 Å². The molecule has 1 heterocycles. The van der Waals surface area contributed by atoms with Crippen LogP contribution in [0.25, 0.3) is 0 Å². The molecule has 0 bridgehead atoms. The third kappa shape index (κ3) is 7.39. The van der Waals surface area contributed by atoms with Crippen LogP contribution in [0.1, 0.15) is 83.1 Å². The fourth-order valence-corrected chi connectivity index (χ4v) is 3.67. The van der Waals surface area contributed by atoms with Crippen molar-refractivity contribution < 1.29 is 19.1 Å². The van der Waals surface area contributed by atoms with Gasteiger partial charge in [-0.1, -0.05) is 32.6 Å². The number of carbonyl (C=O) groups is 3. The Balaban J connectivity index is 2.15. The molecular formula is C22H34N4O4. The van der Waals surface area contributed by atoms with Crippen LogP contribution in [0.15, 0.2) is 18.6 Å². The molecule has 2 atom stereocenters. The van der Waals surface area contributed by atoms with Gasteiger partial charge in [-0.05, 0) is 46.0 Å². The van der Waals surface area contributed by atoms with Crippen LogP contribution in [0, 0.1) is 5.92 Å². The topological polar surface area (TPSA) is 110 Å². The van der Waals surface area contributed by atoms with Crippen molar-refractivity contribution in [1.29, 1.82) is 0 Å². The van der Waals surface area contributed by atoms with Crippen LogP contribution in [0.5, 0.6) is 0 Å². The van der Waals surface area contributed by atoms with Gasteiger partial charge in [0.1, 0.15) is 23.4 Å². The van der Waals surface area contributed by atoms with E-state index in [1.807, 2.05) is 6.92 Å². The van der Waals surface area contributed by atoms with Gasteiger partial charge in [0.05, 0.1) is 6.20 Å². The number of esters is 1. The lowest BCUT2D eigenvalue weighted by Gasteiger charge is -2.31. The van der Waals surface area contributed by atoms with Gasteiger partial charge in [-0.3, -0.25) is 14.6 Å². The summed E-state index contributed by atoms with van der Waals surface area (Å²) in [4.78, 5) is 46.4. The number of nitrogens with one attached hydrogen (secondary N) is 2. The molecule has 8 nitrogen and oxygen atoms in total. The molecule has 0 aliphatic heterocycles. The number of ether oxygens (including phenoxy) is 1. The number of carbonyl (C=O) groups excluding carboxylic acids is 3. The number of hydrogen-bond donors (Lipinski definition) is 2. The summed E-state index contributed by atoms with van der Waals surface area (Å²) in [5.41, 5.74) is -0.486. The lowest BCUT2D eigenvalue weighted by atomic mass is 9.83. The molecule has 1 aromatic heterocycles. The maximum Gasteiger partial charge on any atom is 0.329 e. The van der Waals surface area contributed by atoms with Crippen molar-refractivity contribution in [2.45, 2.75) is 90.3 Å². The molecule has 166 valence electrons. The third-order valence-corrected chi connectivity index (χ3v) is 5.07. The van der Waals surface area contributed by atoms with Crippen molar-refractivity contribution in [2.24, 2.45) is 5.92 Å². The van der Waals surface area contributed by atoms with Crippen LogP contribution in [0.3, 0.4) is 0 Å². The van der Waals surface area contributed by atoms with E-state index in [0.717, 1.165) is 32.1 Å². The van der Waals surface area contributed by atoms with Crippen molar-refractivity contribution in [3.63, 3.8) is 0 Å². The van der Waals surface area contributed by atoms with Crippen LogP contribution < -0.4 is 10.6 Å². The first kappa shape index (κ1) is 23.8. The molecule has 1 aliphatic carbocycles. The van der Waals surface area contributed by atoms with E-state index in [0.29, 0.717) is 12.8 Å². The molecule has 1 aromatic rings. The maximum absolute atomic E-state index is 13.2. The third-order valence-electron chi connectivity index (χ3n) is 5.07. The molecule has 2 N–H and O–H groups in total. The quantitative estimate of drug-likeness (QED) is 0.628. The molecule has 0 aromatic carbocycles. The van der Waals surface area contributed by atoms with E-state index in [9.17, 15) is 14.4 Å². The molecule has 8 heteroatoms. The fraction of sp³-hybridized carbons (Fsp3) is 0.682. The van der Waals surface area contributed by atoms with Crippen molar-refractivity contribution in [1.82, 2.24) is 20.6 Å². The van der Waals surface area contributed by atoms with Gasteiger partial charge in [0.25, 0.3) is 5.91 Å². The zero-order valence-electron chi connectivity index (χ0n) is 18.4. The minimum absolute atomic E-state index is 0.0142. The highest BCUT2D eigenvalue weighted by Crippen LogP contribution is 2.27. The fourth-order valence-electron chi connectivity index (χ4n) is 3.67. The SMILES string of the molecule is CCC[C@H](NC(=O)[C@@H](NC(=O)c1cnccn1)C1CCCCC1)C(=O)OC(C)(C)C. The van der Waals surface area contributed by atoms with E-state index in [2.05, 4.69) is 20.6 Å². The van der Waals surface area contributed by atoms with E-state index in [1.54, 1.807) is 20.8 Å². The number of nitrogens with zero attached hydrogens (tertiary/aromatic N) is 2. The summed E-state index contributed by atoms with van der Waals surface area (Å²) in [5, 5.41) is 5.66. The summed E-state index contributed by atoms with van der Waals surface area (Å²) in [6.45, 7) is 7.32. The van der Waals surface area contributed by atoms with Crippen LogP contribution in [0.2, 0.25) is 0 Å². The molecule has 0 unspecified atom stereocenters. The molecule has 1 fully saturated rings. The zero-order chi connectivity index (χ0) is 22.1. The lowest BCUT2D eigenvalue weighted by molar-refractivity contribution is -0.159. The zero-order valence-corrected chi connectivity index (χ0v) is 18.4. The van der Waals surface area contributed by atoms with Gasteiger partial charge >= 0.3 is 5.97 Å². The second-order valence-electron chi connectivity index (χ2n) is 8.82. The van der Waals surface area contributed by atoms with Crippen LogP contribution in [0.4, 0.5) is 0 Å². The molecule has 0 spiro atoms. The van der Waals surface area contributed by atoms with Gasteiger partial charge in [-0.25, -0.2) is 9.78 Å². The first-order valence-corrected chi connectivity index (χ1v) is 10.8. The molecule has 2 amide bonds. The Kier molecular flexibility index (Phi) is 8.74. The Bertz CT molecular complexity index is 712. The molecule has 0 radical (unpaired) electrons. The largest absolute Gasteiger partial charge is 0.458 e. The number of rotatable bonds is 8. The van der Waals surface area contributed by atoms with Crippen molar-refractivity contribution in [3.05, 3.63) is 24.3 Å². The average Bonchev–Trinajstić information content (AvgIpc) is 2.71. The predicted octanol–water partition coefficient (Wildman–Crippen LogP) is 2.78. The van der Waals surface area contributed by atoms with Gasteiger partial charge in [-0.15, -0.1) is 0 Å². The highest BCUT2D eigenvalue weighted by Gasteiger charge is 2.34. The van der Waals surface area contributed by atoms with E-state index in [1.165, 1.54) is 18.6 Å². The predicted molar refractivity (Wildman–Crippen MR) is 113 cm³/mol. The summed E-state index contributed by atoms with van der Waals surface area (Å²) < 4.78 is 5.47. The van der Waals surface area contributed by atoms with Gasteiger partial charge in [0.15, 0.2) is 0 Å². The summed E-state index contributed by atoms with van der Waals surface area (Å²) in [5.74, 6) is -1.25. The molecule has 2 rings (SSSR count). The summed E-state index contributed by atoms with van der Waals surface area (Å²) in [6.07, 6.45) is 10.3.